The molecular formula is C29H31N3O4S2. The zero-order chi connectivity index (χ0) is 27.6. The van der Waals surface area contributed by atoms with Crippen LogP contribution in [0.25, 0.3) is 21.2 Å². The number of hydrogen-bond donors (Lipinski definition) is 2. The molecular weight excluding hydrogens is 518 g/mol. The molecule has 0 fully saturated rings. The maximum absolute atomic E-state index is 13.1. The number of carbonyl (C=O) groups is 2. The van der Waals surface area contributed by atoms with Crippen molar-refractivity contribution in [2.75, 3.05) is 20.6 Å². The maximum atomic E-state index is 13.1. The van der Waals surface area contributed by atoms with Gasteiger partial charge in [0, 0.05) is 36.3 Å². The van der Waals surface area contributed by atoms with Crippen LogP contribution < -0.4 is 10.0 Å². The summed E-state index contributed by atoms with van der Waals surface area (Å²) in [6.45, 7) is 6.24. The van der Waals surface area contributed by atoms with Gasteiger partial charge < -0.3 is 10.2 Å². The highest BCUT2D eigenvalue weighted by Gasteiger charge is 2.23. The molecule has 0 aliphatic rings. The maximum Gasteiger partial charge on any atom is 0.328 e. The Labute approximate surface area is 227 Å². The lowest BCUT2D eigenvalue weighted by molar-refractivity contribution is 0.0833. The quantitative estimate of drug-likeness (QED) is 0.322. The van der Waals surface area contributed by atoms with E-state index in [4.69, 9.17) is 0 Å². The lowest BCUT2D eigenvalue weighted by Gasteiger charge is -2.12. The first-order valence-corrected chi connectivity index (χ1v) is 14.5. The number of amides is 3. The van der Waals surface area contributed by atoms with Crippen molar-refractivity contribution in [3.05, 3.63) is 87.8 Å². The first-order valence-electron chi connectivity index (χ1n) is 12.2. The number of carbonyl (C=O) groups excluding carboxylic acids is 2. The van der Waals surface area contributed by atoms with Gasteiger partial charge in [-0.15, -0.1) is 11.3 Å². The Morgan fingerprint density at radius 2 is 1.50 bits per heavy atom. The molecule has 1 heterocycles. The monoisotopic (exact) mass is 549 g/mol. The Bertz CT molecular complexity index is 1600. The molecule has 0 spiro atoms. The number of urea groups is 1. The van der Waals surface area contributed by atoms with Gasteiger partial charge in [0.25, 0.3) is 15.9 Å². The fraction of sp³-hybridized carbons (Fsp3) is 0.241. The molecule has 0 atom stereocenters. The molecule has 3 aromatic carbocycles. The number of fused-ring (bicyclic) bond motifs is 1. The van der Waals surface area contributed by atoms with Crippen molar-refractivity contribution in [1.82, 2.24) is 14.9 Å². The van der Waals surface area contributed by atoms with Gasteiger partial charge in [0.2, 0.25) is 0 Å². The summed E-state index contributed by atoms with van der Waals surface area (Å²) in [5.41, 5.74) is 6.05. The minimum atomic E-state index is -3.94. The second-order valence-electron chi connectivity index (χ2n) is 9.53. The van der Waals surface area contributed by atoms with E-state index in [1.807, 2.05) is 35.9 Å². The molecule has 0 bridgehead atoms. The molecule has 3 amide bonds. The van der Waals surface area contributed by atoms with Crippen molar-refractivity contribution < 1.29 is 18.0 Å². The second-order valence-corrected chi connectivity index (χ2v) is 12.2. The van der Waals surface area contributed by atoms with E-state index < -0.39 is 16.1 Å². The summed E-state index contributed by atoms with van der Waals surface area (Å²) in [5.74, 6) is -0.0279. The van der Waals surface area contributed by atoms with Crippen LogP contribution in [0.1, 0.15) is 31.9 Å². The summed E-state index contributed by atoms with van der Waals surface area (Å²) in [7, 11) is -0.419. The van der Waals surface area contributed by atoms with Crippen LogP contribution in [0.15, 0.2) is 65.6 Å². The first kappa shape index (κ1) is 27.3. The Morgan fingerprint density at radius 1 is 0.868 bits per heavy atom. The highest BCUT2D eigenvalue weighted by molar-refractivity contribution is 7.90. The number of sulfonamides is 1. The molecule has 198 valence electrons. The highest BCUT2D eigenvalue weighted by atomic mass is 32.2. The number of benzene rings is 3. The summed E-state index contributed by atoms with van der Waals surface area (Å²) in [6.07, 6.45) is 0.518. The van der Waals surface area contributed by atoms with Crippen LogP contribution in [0.4, 0.5) is 4.79 Å². The minimum Gasteiger partial charge on any atom is -0.344 e. The van der Waals surface area contributed by atoms with Crippen LogP contribution in [-0.4, -0.2) is 45.9 Å². The molecule has 4 rings (SSSR count). The zero-order valence-corrected chi connectivity index (χ0v) is 23.7. The summed E-state index contributed by atoms with van der Waals surface area (Å²) < 4.78 is 28.0. The largest absolute Gasteiger partial charge is 0.344 e. The normalized spacial score (nSPS) is 11.4. The third-order valence-electron chi connectivity index (χ3n) is 6.34. The van der Waals surface area contributed by atoms with Gasteiger partial charge in [-0.3, -0.25) is 4.79 Å². The molecule has 2 N–H and O–H groups in total. The standard InChI is InChI=1S/C29H31N3O4S2/c1-18-6-14-23(15-7-18)38(35,36)31-29(34)30-17-16-21-10-12-22(13-11-21)25-24-19(2)8-9-20(3)26(24)37-27(25)28(33)32(4)5/h6-15H,16-17H2,1-5H3,(H2,30,31,34). The fourth-order valence-electron chi connectivity index (χ4n) is 4.22. The van der Waals surface area contributed by atoms with E-state index in [-0.39, 0.29) is 17.3 Å². The molecule has 0 unspecified atom stereocenters. The summed E-state index contributed by atoms with van der Waals surface area (Å²) in [5, 5.41) is 3.71. The van der Waals surface area contributed by atoms with E-state index in [1.165, 1.54) is 23.5 Å². The van der Waals surface area contributed by atoms with Gasteiger partial charge in [-0.25, -0.2) is 17.9 Å². The molecule has 0 saturated carbocycles. The van der Waals surface area contributed by atoms with Crippen molar-refractivity contribution in [2.24, 2.45) is 0 Å². The SMILES string of the molecule is Cc1ccc(S(=O)(=O)NC(=O)NCCc2ccc(-c3c(C(=O)N(C)C)sc4c(C)ccc(C)c34)cc2)cc1. The summed E-state index contributed by atoms with van der Waals surface area (Å²) >= 11 is 1.53. The fourth-order valence-corrected chi connectivity index (χ4v) is 6.53. The van der Waals surface area contributed by atoms with Gasteiger partial charge in [-0.1, -0.05) is 54.1 Å². The molecule has 7 nitrogen and oxygen atoms in total. The lowest BCUT2D eigenvalue weighted by Crippen LogP contribution is -2.40. The van der Waals surface area contributed by atoms with Crippen molar-refractivity contribution in [3.63, 3.8) is 0 Å². The van der Waals surface area contributed by atoms with E-state index >= 15 is 0 Å². The van der Waals surface area contributed by atoms with Crippen molar-refractivity contribution >= 4 is 43.4 Å². The van der Waals surface area contributed by atoms with Crippen LogP contribution in [0.2, 0.25) is 0 Å². The number of nitrogens with one attached hydrogen (secondary N) is 2. The molecule has 9 heteroatoms. The van der Waals surface area contributed by atoms with Crippen LogP contribution in [0.5, 0.6) is 0 Å². The van der Waals surface area contributed by atoms with E-state index in [0.717, 1.165) is 43.5 Å². The lowest BCUT2D eigenvalue weighted by atomic mass is 9.96. The van der Waals surface area contributed by atoms with Crippen molar-refractivity contribution in [3.8, 4) is 11.1 Å². The molecule has 0 aliphatic heterocycles. The Kier molecular flexibility index (Phi) is 7.89. The predicted octanol–water partition coefficient (Wildman–Crippen LogP) is 5.43. The minimum absolute atomic E-state index is 0.0279. The van der Waals surface area contributed by atoms with Crippen LogP contribution in [0.3, 0.4) is 0 Å². The molecule has 0 aliphatic carbocycles. The average Bonchev–Trinajstić information content (AvgIpc) is 3.28. The Balaban J connectivity index is 1.48. The highest BCUT2D eigenvalue weighted by Crippen LogP contribution is 2.42. The third kappa shape index (κ3) is 5.74. The van der Waals surface area contributed by atoms with Gasteiger partial charge >= 0.3 is 6.03 Å². The number of thiophene rings is 1. The smallest absolute Gasteiger partial charge is 0.328 e. The zero-order valence-electron chi connectivity index (χ0n) is 22.1. The number of rotatable bonds is 7. The molecule has 38 heavy (non-hydrogen) atoms. The molecule has 1 aromatic heterocycles. The number of nitrogens with zero attached hydrogens (tertiary/aromatic N) is 1. The third-order valence-corrected chi connectivity index (χ3v) is 9.00. The van der Waals surface area contributed by atoms with Crippen molar-refractivity contribution in [1.29, 1.82) is 0 Å². The first-order chi connectivity index (χ1) is 18.0. The van der Waals surface area contributed by atoms with Crippen LogP contribution in [-0.2, 0) is 16.4 Å². The predicted molar refractivity (Wildman–Crippen MR) is 153 cm³/mol. The molecule has 0 saturated heterocycles. The van der Waals surface area contributed by atoms with Gasteiger partial charge in [-0.2, -0.15) is 0 Å². The topological polar surface area (TPSA) is 95.6 Å². The van der Waals surface area contributed by atoms with E-state index in [0.29, 0.717) is 11.3 Å². The summed E-state index contributed by atoms with van der Waals surface area (Å²) in [4.78, 5) is 27.6. The Morgan fingerprint density at radius 3 is 2.13 bits per heavy atom. The van der Waals surface area contributed by atoms with Crippen molar-refractivity contribution in [2.45, 2.75) is 32.1 Å². The second kappa shape index (κ2) is 11.0. The van der Waals surface area contributed by atoms with Gasteiger partial charge in [-0.05, 0) is 61.6 Å². The van der Waals surface area contributed by atoms with Gasteiger partial charge in [0.05, 0.1) is 4.90 Å². The Hall–Kier alpha value is -3.69. The van der Waals surface area contributed by atoms with Gasteiger partial charge in [0.1, 0.15) is 4.88 Å². The van der Waals surface area contributed by atoms with Gasteiger partial charge in [0.15, 0.2) is 0 Å². The molecule has 4 aromatic rings. The molecule has 0 radical (unpaired) electrons. The van der Waals surface area contributed by atoms with Crippen LogP contribution >= 0.6 is 11.3 Å². The van der Waals surface area contributed by atoms with E-state index in [2.05, 4.69) is 31.3 Å². The average molecular weight is 550 g/mol. The number of hydrogen-bond acceptors (Lipinski definition) is 5. The number of aryl methyl sites for hydroxylation is 3. The van der Waals surface area contributed by atoms with E-state index in [1.54, 1.807) is 31.1 Å². The van der Waals surface area contributed by atoms with Crippen LogP contribution in [0, 0.1) is 20.8 Å². The summed E-state index contributed by atoms with van der Waals surface area (Å²) in [6, 6.07) is 17.6. The van der Waals surface area contributed by atoms with E-state index in [9.17, 15) is 18.0 Å².